The Morgan fingerprint density at radius 1 is 1.19 bits per heavy atom. The summed E-state index contributed by atoms with van der Waals surface area (Å²) < 4.78 is 16.1. The number of nitrogens with one attached hydrogen (secondary N) is 1. The molecule has 1 amide bonds. The fourth-order valence-electron chi connectivity index (χ4n) is 3.67. The van der Waals surface area contributed by atoms with E-state index in [-0.39, 0.29) is 12.3 Å². The van der Waals surface area contributed by atoms with Gasteiger partial charge in [-0.15, -0.1) is 11.3 Å². The van der Waals surface area contributed by atoms with Gasteiger partial charge in [0.25, 0.3) is 5.91 Å². The van der Waals surface area contributed by atoms with Gasteiger partial charge in [-0.25, -0.2) is 4.79 Å². The molecule has 0 aliphatic heterocycles. The summed E-state index contributed by atoms with van der Waals surface area (Å²) in [4.78, 5) is 26.5. The SMILES string of the molecule is COC(=O)c1c(NC(=O)c2noc(C)c2COc2ccc(C)c(C)c2)sc2c1CCC2. The van der Waals surface area contributed by atoms with Gasteiger partial charge in [0.2, 0.25) is 0 Å². The van der Waals surface area contributed by atoms with Crippen molar-refractivity contribution in [3.63, 3.8) is 0 Å². The molecular formula is C23H24N2O5S. The van der Waals surface area contributed by atoms with E-state index in [1.165, 1.54) is 24.0 Å². The molecule has 2 aromatic heterocycles. The summed E-state index contributed by atoms with van der Waals surface area (Å²) in [6.45, 7) is 5.94. The number of carbonyl (C=O) groups is 2. The molecule has 1 aliphatic rings. The Bertz CT molecular complexity index is 1160. The second-order valence-electron chi connectivity index (χ2n) is 7.61. The van der Waals surface area contributed by atoms with Crippen molar-refractivity contribution in [1.29, 1.82) is 0 Å². The molecule has 2 heterocycles. The monoisotopic (exact) mass is 440 g/mol. The topological polar surface area (TPSA) is 90.7 Å². The molecule has 1 N–H and O–H groups in total. The van der Waals surface area contributed by atoms with Gasteiger partial charge in [0, 0.05) is 4.88 Å². The van der Waals surface area contributed by atoms with Crippen molar-refractivity contribution < 1.29 is 23.6 Å². The number of thiophene rings is 1. The van der Waals surface area contributed by atoms with Crippen LogP contribution in [0.2, 0.25) is 0 Å². The summed E-state index contributed by atoms with van der Waals surface area (Å²) >= 11 is 1.42. The Kier molecular flexibility index (Phi) is 5.82. The number of methoxy groups -OCH3 is 1. The number of rotatable bonds is 6. The molecular weight excluding hydrogens is 416 g/mol. The summed E-state index contributed by atoms with van der Waals surface area (Å²) in [5.74, 6) is 0.332. The van der Waals surface area contributed by atoms with E-state index >= 15 is 0 Å². The van der Waals surface area contributed by atoms with Crippen LogP contribution < -0.4 is 10.1 Å². The number of esters is 1. The van der Waals surface area contributed by atoms with E-state index in [2.05, 4.69) is 10.5 Å². The molecule has 31 heavy (non-hydrogen) atoms. The van der Waals surface area contributed by atoms with Crippen LogP contribution in [0.4, 0.5) is 5.00 Å². The lowest BCUT2D eigenvalue weighted by Crippen LogP contribution is -2.17. The average molecular weight is 441 g/mol. The molecule has 3 aromatic rings. The van der Waals surface area contributed by atoms with E-state index in [1.54, 1.807) is 6.92 Å². The number of amides is 1. The van der Waals surface area contributed by atoms with Gasteiger partial charge in [-0.05, 0) is 68.9 Å². The van der Waals surface area contributed by atoms with Crippen LogP contribution in [0.3, 0.4) is 0 Å². The van der Waals surface area contributed by atoms with Crippen LogP contribution in [-0.4, -0.2) is 24.1 Å². The molecule has 0 saturated carbocycles. The zero-order valence-electron chi connectivity index (χ0n) is 18.0. The summed E-state index contributed by atoms with van der Waals surface area (Å²) in [6.07, 6.45) is 2.71. The second-order valence-corrected chi connectivity index (χ2v) is 8.71. The summed E-state index contributed by atoms with van der Waals surface area (Å²) in [5.41, 5.74) is 4.44. The van der Waals surface area contributed by atoms with E-state index < -0.39 is 11.9 Å². The molecule has 1 aromatic carbocycles. The Labute approximate surface area is 184 Å². The number of carbonyl (C=O) groups excluding carboxylic acids is 2. The highest BCUT2D eigenvalue weighted by Crippen LogP contribution is 2.39. The molecule has 0 unspecified atom stereocenters. The van der Waals surface area contributed by atoms with Crippen molar-refractivity contribution in [1.82, 2.24) is 5.16 Å². The van der Waals surface area contributed by atoms with Gasteiger partial charge in [-0.3, -0.25) is 4.79 Å². The van der Waals surface area contributed by atoms with Crippen molar-refractivity contribution in [2.75, 3.05) is 12.4 Å². The van der Waals surface area contributed by atoms with E-state index in [9.17, 15) is 9.59 Å². The molecule has 0 radical (unpaired) electrons. The van der Waals surface area contributed by atoms with Crippen molar-refractivity contribution in [2.24, 2.45) is 0 Å². The van der Waals surface area contributed by atoms with Crippen LogP contribution in [0.15, 0.2) is 22.7 Å². The van der Waals surface area contributed by atoms with Gasteiger partial charge in [0.15, 0.2) is 5.69 Å². The van der Waals surface area contributed by atoms with Gasteiger partial charge in [-0.1, -0.05) is 11.2 Å². The van der Waals surface area contributed by atoms with Crippen LogP contribution in [0, 0.1) is 20.8 Å². The molecule has 4 rings (SSSR count). The average Bonchev–Trinajstić information content (AvgIpc) is 3.43. The maximum Gasteiger partial charge on any atom is 0.341 e. The predicted octanol–water partition coefficient (Wildman–Crippen LogP) is 4.77. The normalized spacial score (nSPS) is 12.5. The first-order chi connectivity index (χ1) is 14.9. The lowest BCUT2D eigenvalue weighted by Gasteiger charge is -2.09. The molecule has 0 bridgehead atoms. The van der Waals surface area contributed by atoms with E-state index in [0.717, 1.165) is 35.3 Å². The number of ether oxygens (including phenoxy) is 2. The quantitative estimate of drug-likeness (QED) is 0.556. The van der Waals surface area contributed by atoms with Gasteiger partial charge < -0.3 is 19.3 Å². The zero-order chi connectivity index (χ0) is 22.1. The number of fused-ring (bicyclic) bond motifs is 1. The number of aromatic nitrogens is 1. The van der Waals surface area contributed by atoms with Gasteiger partial charge in [-0.2, -0.15) is 0 Å². The standard InChI is InChI=1S/C23H24N2O5S/c1-12-8-9-15(10-13(12)2)29-11-17-14(3)30-25-20(17)21(26)24-22-19(23(27)28-4)16-6-5-7-18(16)31-22/h8-10H,5-7,11H2,1-4H3,(H,24,26). The minimum Gasteiger partial charge on any atom is -0.489 e. The third-order valence-electron chi connectivity index (χ3n) is 5.60. The molecule has 0 spiro atoms. The molecule has 0 atom stereocenters. The minimum atomic E-state index is -0.444. The predicted molar refractivity (Wildman–Crippen MR) is 117 cm³/mol. The first-order valence-electron chi connectivity index (χ1n) is 10.1. The third-order valence-corrected chi connectivity index (χ3v) is 6.81. The summed E-state index contributed by atoms with van der Waals surface area (Å²) in [7, 11) is 1.34. The third kappa shape index (κ3) is 4.07. The summed E-state index contributed by atoms with van der Waals surface area (Å²) in [6, 6.07) is 5.83. The van der Waals surface area contributed by atoms with Crippen LogP contribution >= 0.6 is 11.3 Å². The maximum absolute atomic E-state index is 13.0. The zero-order valence-corrected chi connectivity index (χ0v) is 18.8. The first-order valence-corrected chi connectivity index (χ1v) is 10.9. The molecule has 1 aliphatic carbocycles. The summed E-state index contributed by atoms with van der Waals surface area (Å²) in [5, 5.41) is 7.27. The van der Waals surface area contributed by atoms with E-state index in [4.69, 9.17) is 14.0 Å². The minimum absolute atomic E-state index is 0.144. The Hall–Kier alpha value is -3.13. The van der Waals surface area contributed by atoms with E-state index in [0.29, 0.717) is 27.6 Å². The van der Waals surface area contributed by atoms with Crippen molar-refractivity contribution >= 4 is 28.2 Å². The lowest BCUT2D eigenvalue weighted by atomic mass is 10.1. The smallest absolute Gasteiger partial charge is 0.341 e. The lowest BCUT2D eigenvalue weighted by molar-refractivity contribution is 0.0601. The Morgan fingerprint density at radius 3 is 2.74 bits per heavy atom. The van der Waals surface area contributed by atoms with Crippen molar-refractivity contribution in [3.8, 4) is 5.75 Å². The molecule has 8 heteroatoms. The van der Waals surface area contributed by atoms with Crippen molar-refractivity contribution in [2.45, 2.75) is 46.6 Å². The number of hydrogen-bond donors (Lipinski definition) is 1. The number of anilines is 1. The highest BCUT2D eigenvalue weighted by atomic mass is 32.1. The van der Waals surface area contributed by atoms with Crippen LogP contribution in [0.5, 0.6) is 5.75 Å². The molecule has 7 nitrogen and oxygen atoms in total. The van der Waals surface area contributed by atoms with Crippen molar-refractivity contribution in [3.05, 3.63) is 62.3 Å². The van der Waals surface area contributed by atoms with E-state index in [1.807, 2.05) is 32.0 Å². The fraction of sp³-hybridized carbons (Fsp3) is 0.348. The van der Waals surface area contributed by atoms with Crippen LogP contribution in [0.25, 0.3) is 0 Å². The Balaban J connectivity index is 1.55. The number of hydrogen-bond acceptors (Lipinski definition) is 7. The molecule has 162 valence electrons. The Morgan fingerprint density at radius 2 is 2.00 bits per heavy atom. The second kappa shape index (κ2) is 8.55. The number of benzene rings is 1. The van der Waals surface area contributed by atoms with Gasteiger partial charge >= 0.3 is 5.97 Å². The molecule has 0 fully saturated rings. The maximum atomic E-state index is 13.0. The fourth-order valence-corrected chi connectivity index (χ4v) is 4.94. The number of nitrogens with zero attached hydrogens (tertiary/aromatic N) is 1. The molecule has 0 saturated heterocycles. The van der Waals surface area contributed by atoms with Crippen LogP contribution in [0.1, 0.15) is 60.2 Å². The van der Waals surface area contributed by atoms with Gasteiger partial charge in [0.1, 0.15) is 23.1 Å². The largest absolute Gasteiger partial charge is 0.489 e. The van der Waals surface area contributed by atoms with Gasteiger partial charge in [0.05, 0.1) is 18.2 Å². The highest BCUT2D eigenvalue weighted by molar-refractivity contribution is 7.17. The highest BCUT2D eigenvalue weighted by Gasteiger charge is 2.29. The number of aryl methyl sites for hydroxylation is 4. The first kappa shape index (κ1) is 21.1. The van der Waals surface area contributed by atoms with Crippen LogP contribution in [-0.2, 0) is 24.2 Å².